The normalized spacial score (nSPS) is 15.9. The van der Waals surface area contributed by atoms with E-state index in [0.717, 1.165) is 29.2 Å². The molecule has 1 aromatic carbocycles. The van der Waals surface area contributed by atoms with Crippen LogP contribution in [0, 0.1) is 12.8 Å². The van der Waals surface area contributed by atoms with Crippen molar-refractivity contribution in [3.63, 3.8) is 0 Å². The molecular weight excluding hydrogens is 272 g/mol. The summed E-state index contributed by atoms with van der Waals surface area (Å²) in [5, 5.41) is 4.54. The third-order valence-electron chi connectivity index (χ3n) is 4.75. The Hall–Kier alpha value is -1.90. The fourth-order valence-electron chi connectivity index (χ4n) is 3.44. The first-order valence-electron chi connectivity index (χ1n) is 8.28. The van der Waals surface area contributed by atoms with Crippen LogP contribution < -0.4 is 0 Å². The van der Waals surface area contributed by atoms with Gasteiger partial charge >= 0.3 is 0 Å². The quantitative estimate of drug-likeness (QED) is 0.770. The van der Waals surface area contributed by atoms with E-state index in [4.69, 9.17) is 0 Å². The molecule has 116 valence electrons. The molecular formula is C19H24N2O. The van der Waals surface area contributed by atoms with E-state index in [1.165, 1.54) is 37.7 Å². The first-order chi connectivity index (χ1) is 10.6. The Kier molecular flexibility index (Phi) is 4.41. The molecule has 1 heterocycles. The van der Waals surface area contributed by atoms with Gasteiger partial charge in [0.25, 0.3) is 0 Å². The lowest BCUT2D eigenvalue weighted by atomic mass is 9.89. The average molecular weight is 296 g/mol. The lowest BCUT2D eigenvalue weighted by Crippen LogP contribution is -2.14. The third-order valence-corrected chi connectivity index (χ3v) is 4.75. The molecule has 0 radical (unpaired) electrons. The van der Waals surface area contributed by atoms with E-state index in [9.17, 15) is 4.79 Å². The molecule has 0 aliphatic heterocycles. The molecule has 3 heteroatoms. The Morgan fingerprint density at radius 3 is 2.73 bits per heavy atom. The number of nitrogens with zero attached hydrogens (tertiary/aromatic N) is 2. The SMILES string of the molecule is CC(=O)c1ccc(-c2cnn(CC3CCCCC3)c2)c(C)c1. The molecule has 0 atom stereocenters. The number of carbonyl (C=O) groups is 1. The lowest BCUT2D eigenvalue weighted by Gasteiger charge is -2.21. The number of rotatable bonds is 4. The van der Waals surface area contributed by atoms with Gasteiger partial charge < -0.3 is 0 Å². The highest BCUT2D eigenvalue weighted by Crippen LogP contribution is 2.27. The molecule has 1 aromatic heterocycles. The maximum Gasteiger partial charge on any atom is 0.159 e. The predicted molar refractivity (Wildman–Crippen MR) is 89.0 cm³/mol. The van der Waals surface area contributed by atoms with E-state index in [1.54, 1.807) is 6.92 Å². The van der Waals surface area contributed by atoms with Gasteiger partial charge in [-0.05, 0) is 49.8 Å². The third kappa shape index (κ3) is 3.29. The van der Waals surface area contributed by atoms with Gasteiger partial charge in [-0.2, -0.15) is 5.10 Å². The van der Waals surface area contributed by atoms with Crippen molar-refractivity contribution in [2.24, 2.45) is 5.92 Å². The zero-order chi connectivity index (χ0) is 15.5. The van der Waals surface area contributed by atoms with Gasteiger partial charge in [-0.1, -0.05) is 31.4 Å². The predicted octanol–water partition coefficient (Wildman–Crippen LogP) is 4.64. The fourth-order valence-corrected chi connectivity index (χ4v) is 3.44. The van der Waals surface area contributed by atoms with Gasteiger partial charge in [-0.15, -0.1) is 0 Å². The van der Waals surface area contributed by atoms with Crippen LogP contribution in [-0.2, 0) is 6.54 Å². The van der Waals surface area contributed by atoms with Crippen LogP contribution in [0.2, 0.25) is 0 Å². The molecule has 1 aliphatic rings. The molecule has 0 spiro atoms. The van der Waals surface area contributed by atoms with Crippen LogP contribution in [0.1, 0.15) is 54.9 Å². The number of Topliss-reactive ketones (excluding diaryl/α,β-unsaturated/α-hetero) is 1. The minimum Gasteiger partial charge on any atom is -0.295 e. The maximum absolute atomic E-state index is 11.5. The van der Waals surface area contributed by atoms with Crippen LogP contribution in [0.4, 0.5) is 0 Å². The van der Waals surface area contributed by atoms with Crippen molar-refractivity contribution in [1.29, 1.82) is 0 Å². The van der Waals surface area contributed by atoms with Crippen molar-refractivity contribution >= 4 is 5.78 Å². The minimum absolute atomic E-state index is 0.114. The van der Waals surface area contributed by atoms with E-state index in [0.29, 0.717) is 0 Å². The van der Waals surface area contributed by atoms with Crippen LogP contribution in [0.15, 0.2) is 30.6 Å². The van der Waals surface area contributed by atoms with Crippen molar-refractivity contribution in [2.75, 3.05) is 0 Å². The Bertz CT molecular complexity index is 666. The van der Waals surface area contributed by atoms with Gasteiger partial charge in [0, 0.05) is 23.9 Å². The standard InChI is InChI=1S/C19H24N2O/c1-14-10-17(15(2)22)8-9-19(14)18-11-20-21(13-18)12-16-6-4-3-5-7-16/h8-11,13,16H,3-7,12H2,1-2H3. The van der Waals surface area contributed by atoms with Gasteiger partial charge in [0.2, 0.25) is 0 Å². The summed E-state index contributed by atoms with van der Waals surface area (Å²) in [6, 6.07) is 5.91. The van der Waals surface area contributed by atoms with Crippen LogP contribution in [0.5, 0.6) is 0 Å². The van der Waals surface area contributed by atoms with Crippen molar-refractivity contribution in [3.8, 4) is 11.1 Å². The molecule has 1 saturated carbocycles. The van der Waals surface area contributed by atoms with E-state index >= 15 is 0 Å². The number of aromatic nitrogens is 2. The zero-order valence-electron chi connectivity index (χ0n) is 13.5. The van der Waals surface area contributed by atoms with Gasteiger partial charge in [-0.3, -0.25) is 9.48 Å². The monoisotopic (exact) mass is 296 g/mol. The molecule has 0 saturated heterocycles. The first-order valence-corrected chi connectivity index (χ1v) is 8.28. The Labute approximate surface area is 132 Å². The molecule has 3 rings (SSSR count). The summed E-state index contributed by atoms with van der Waals surface area (Å²) in [5.74, 6) is 0.894. The minimum atomic E-state index is 0.114. The highest BCUT2D eigenvalue weighted by atomic mass is 16.1. The molecule has 3 nitrogen and oxygen atoms in total. The van der Waals surface area contributed by atoms with Crippen molar-refractivity contribution < 1.29 is 4.79 Å². The summed E-state index contributed by atoms with van der Waals surface area (Å²) in [7, 11) is 0. The number of ketones is 1. The molecule has 1 fully saturated rings. The van der Waals surface area contributed by atoms with Crippen LogP contribution in [0.3, 0.4) is 0 Å². The molecule has 0 bridgehead atoms. The van der Waals surface area contributed by atoms with Crippen molar-refractivity contribution in [2.45, 2.75) is 52.5 Å². The molecule has 22 heavy (non-hydrogen) atoms. The summed E-state index contributed by atoms with van der Waals surface area (Å²) in [6.07, 6.45) is 10.9. The fraction of sp³-hybridized carbons (Fsp3) is 0.474. The Balaban J connectivity index is 1.77. The second kappa shape index (κ2) is 6.47. The molecule has 0 N–H and O–H groups in total. The van der Waals surface area contributed by atoms with Gasteiger partial charge in [0.15, 0.2) is 5.78 Å². The van der Waals surface area contributed by atoms with Crippen LogP contribution in [-0.4, -0.2) is 15.6 Å². The molecule has 0 amide bonds. The van der Waals surface area contributed by atoms with E-state index in [-0.39, 0.29) is 5.78 Å². The number of hydrogen-bond donors (Lipinski definition) is 0. The molecule has 2 aromatic rings. The largest absolute Gasteiger partial charge is 0.295 e. The Morgan fingerprint density at radius 1 is 1.27 bits per heavy atom. The second-order valence-electron chi connectivity index (χ2n) is 6.54. The zero-order valence-corrected chi connectivity index (χ0v) is 13.5. The van der Waals surface area contributed by atoms with Crippen molar-refractivity contribution in [3.05, 3.63) is 41.7 Å². The first kappa shape index (κ1) is 15.0. The summed E-state index contributed by atoms with van der Waals surface area (Å²) >= 11 is 0. The summed E-state index contributed by atoms with van der Waals surface area (Å²) in [4.78, 5) is 11.5. The number of aryl methyl sites for hydroxylation is 1. The molecule has 0 unspecified atom stereocenters. The van der Waals surface area contributed by atoms with E-state index in [2.05, 4.69) is 22.9 Å². The highest BCUT2D eigenvalue weighted by Gasteiger charge is 2.15. The van der Waals surface area contributed by atoms with Gasteiger partial charge in [-0.25, -0.2) is 0 Å². The average Bonchev–Trinajstić information content (AvgIpc) is 2.96. The van der Waals surface area contributed by atoms with Crippen LogP contribution >= 0.6 is 0 Å². The summed E-state index contributed by atoms with van der Waals surface area (Å²) < 4.78 is 2.09. The second-order valence-corrected chi connectivity index (χ2v) is 6.54. The highest BCUT2D eigenvalue weighted by molar-refractivity contribution is 5.94. The smallest absolute Gasteiger partial charge is 0.159 e. The van der Waals surface area contributed by atoms with E-state index < -0.39 is 0 Å². The molecule has 1 aliphatic carbocycles. The number of benzene rings is 1. The number of hydrogen-bond acceptors (Lipinski definition) is 2. The topological polar surface area (TPSA) is 34.9 Å². The van der Waals surface area contributed by atoms with Gasteiger partial charge in [0.1, 0.15) is 0 Å². The van der Waals surface area contributed by atoms with E-state index in [1.807, 2.05) is 24.4 Å². The number of carbonyl (C=O) groups excluding carboxylic acids is 1. The lowest BCUT2D eigenvalue weighted by molar-refractivity contribution is 0.101. The van der Waals surface area contributed by atoms with Crippen molar-refractivity contribution in [1.82, 2.24) is 9.78 Å². The van der Waals surface area contributed by atoms with Crippen LogP contribution in [0.25, 0.3) is 11.1 Å². The summed E-state index contributed by atoms with van der Waals surface area (Å²) in [6.45, 7) is 4.70. The maximum atomic E-state index is 11.5. The summed E-state index contributed by atoms with van der Waals surface area (Å²) in [5.41, 5.74) is 4.21. The Morgan fingerprint density at radius 2 is 2.05 bits per heavy atom. The van der Waals surface area contributed by atoms with Gasteiger partial charge in [0.05, 0.1) is 6.20 Å².